The number of rotatable bonds is 4. The van der Waals surface area contributed by atoms with E-state index in [0.29, 0.717) is 22.5 Å². The lowest BCUT2D eigenvalue weighted by atomic mass is 10.1. The van der Waals surface area contributed by atoms with Crippen LogP contribution in [0.5, 0.6) is 11.5 Å². The third-order valence-corrected chi connectivity index (χ3v) is 4.53. The molecule has 0 bridgehead atoms. The molecule has 0 atom stereocenters. The van der Waals surface area contributed by atoms with Crippen LogP contribution in [0.4, 0.5) is 0 Å². The van der Waals surface area contributed by atoms with Gasteiger partial charge in [-0.25, -0.2) is 0 Å². The molecule has 0 spiro atoms. The van der Waals surface area contributed by atoms with Crippen LogP contribution in [0.15, 0.2) is 63.9 Å². The molecule has 4 aromatic rings. The number of methoxy groups -OCH3 is 2. The summed E-state index contributed by atoms with van der Waals surface area (Å²) in [6.45, 7) is 2.01. The van der Waals surface area contributed by atoms with Crippen molar-refractivity contribution < 1.29 is 13.9 Å². The summed E-state index contributed by atoms with van der Waals surface area (Å²) in [5, 5.41) is 0.480. The molecule has 2 heterocycles. The van der Waals surface area contributed by atoms with Gasteiger partial charge in [-0.2, -0.15) is 0 Å². The molecular formula is C22H19NO4. The van der Waals surface area contributed by atoms with Crippen molar-refractivity contribution in [3.05, 3.63) is 70.5 Å². The summed E-state index contributed by atoms with van der Waals surface area (Å²) in [5.41, 5.74) is 4.02. The van der Waals surface area contributed by atoms with Crippen LogP contribution in [-0.4, -0.2) is 19.2 Å². The monoisotopic (exact) mass is 361 g/mol. The van der Waals surface area contributed by atoms with Crippen LogP contribution in [-0.2, 0) is 0 Å². The highest BCUT2D eigenvalue weighted by molar-refractivity contribution is 5.89. The lowest BCUT2D eigenvalue weighted by Gasteiger charge is -2.10. The average Bonchev–Trinajstić information content (AvgIpc) is 3.13. The number of ether oxygens (including phenoxy) is 2. The minimum atomic E-state index is -0.120. The molecule has 136 valence electrons. The normalized spacial score (nSPS) is 10.9. The number of nitrogens with one attached hydrogen (secondary N) is 1. The molecule has 0 aliphatic rings. The molecule has 27 heavy (non-hydrogen) atoms. The van der Waals surface area contributed by atoms with Gasteiger partial charge in [0.05, 0.1) is 19.6 Å². The van der Waals surface area contributed by atoms with Crippen molar-refractivity contribution in [2.24, 2.45) is 0 Å². The highest BCUT2D eigenvalue weighted by Crippen LogP contribution is 2.33. The van der Waals surface area contributed by atoms with Crippen molar-refractivity contribution in [2.45, 2.75) is 6.92 Å². The number of hydrogen-bond acceptors (Lipinski definition) is 4. The molecule has 1 N–H and O–H groups in total. The van der Waals surface area contributed by atoms with Crippen LogP contribution in [0.3, 0.4) is 0 Å². The van der Waals surface area contributed by atoms with E-state index < -0.39 is 0 Å². The zero-order chi connectivity index (χ0) is 19.0. The van der Waals surface area contributed by atoms with E-state index in [1.807, 2.05) is 55.6 Å². The maximum Gasteiger partial charge on any atom is 0.193 e. The van der Waals surface area contributed by atoms with Gasteiger partial charge in [0.15, 0.2) is 16.8 Å². The van der Waals surface area contributed by atoms with Gasteiger partial charge in [0, 0.05) is 29.1 Å². The third-order valence-electron chi connectivity index (χ3n) is 4.53. The van der Waals surface area contributed by atoms with E-state index in [1.54, 1.807) is 14.2 Å². The van der Waals surface area contributed by atoms with Gasteiger partial charge in [-0.15, -0.1) is 0 Å². The summed E-state index contributed by atoms with van der Waals surface area (Å²) in [6, 6.07) is 14.6. The highest BCUT2D eigenvalue weighted by atomic mass is 16.5. The molecule has 4 rings (SSSR count). The third kappa shape index (κ3) is 3.08. The van der Waals surface area contributed by atoms with Gasteiger partial charge < -0.3 is 18.9 Å². The Hall–Kier alpha value is -3.47. The van der Waals surface area contributed by atoms with Crippen LogP contribution < -0.4 is 14.9 Å². The molecule has 2 aromatic carbocycles. The number of aromatic nitrogens is 1. The van der Waals surface area contributed by atoms with Crippen molar-refractivity contribution in [1.82, 2.24) is 4.98 Å². The fraction of sp³-hybridized carbons (Fsp3) is 0.136. The Morgan fingerprint density at radius 2 is 1.70 bits per heavy atom. The predicted molar refractivity (Wildman–Crippen MR) is 106 cm³/mol. The zero-order valence-electron chi connectivity index (χ0n) is 15.3. The molecule has 0 aliphatic heterocycles. The van der Waals surface area contributed by atoms with E-state index in [9.17, 15) is 4.79 Å². The number of aryl methyl sites for hydroxylation is 1. The lowest BCUT2D eigenvalue weighted by Crippen LogP contribution is -2.02. The van der Waals surface area contributed by atoms with Crippen LogP contribution in [0.25, 0.3) is 33.6 Å². The quantitative estimate of drug-likeness (QED) is 0.568. The van der Waals surface area contributed by atoms with Crippen molar-refractivity contribution in [1.29, 1.82) is 0 Å². The maximum atomic E-state index is 12.8. The Balaban J connectivity index is 1.90. The summed E-state index contributed by atoms with van der Waals surface area (Å²) >= 11 is 0. The first-order valence-corrected chi connectivity index (χ1v) is 8.55. The second kappa shape index (κ2) is 6.68. The topological polar surface area (TPSA) is 64.5 Å². The van der Waals surface area contributed by atoms with Crippen LogP contribution in [0.2, 0.25) is 0 Å². The van der Waals surface area contributed by atoms with Crippen molar-refractivity contribution >= 4 is 11.0 Å². The van der Waals surface area contributed by atoms with E-state index in [4.69, 9.17) is 13.9 Å². The van der Waals surface area contributed by atoms with Gasteiger partial charge in [0.2, 0.25) is 0 Å². The van der Waals surface area contributed by atoms with E-state index in [2.05, 4.69) is 4.98 Å². The Kier molecular flexibility index (Phi) is 4.20. The summed E-state index contributed by atoms with van der Waals surface area (Å²) in [5.74, 6) is 1.74. The van der Waals surface area contributed by atoms with Gasteiger partial charge in [-0.1, -0.05) is 0 Å². The summed E-state index contributed by atoms with van der Waals surface area (Å²) in [6.07, 6.45) is 1.92. The van der Waals surface area contributed by atoms with E-state index in [-0.39, 0.29) is 5.43 Å². The molecule has 2 aromatic heterocycles. The molecule has 0 saturated heterocycles. The minimum absolute atomic E-state index is 0.120. The molecular weight excluding hydrogens is 342 g/mol. The van der Waals surface area contributed by atoms with Crippen molar-refractivity contribution in [3.8, 4) is 34.1 Å². The Labute approximate surface area is 156 Å². The first-order valence-electron chi connectivity index (χ1n) is 8.55. The molecule has 0 amide bonds. The molecule has 0 radical (unpaired) electrons. The molecule has 0 saturated carbocycles. The maximum absolute atomic E-state index is 12.8. The van der Waals surface area contributed by atoms with Crippen molar-refractivity contribution in [2.75, 3.05) is 14.2 Å². The fourth-order valence-corrected chi connectivity index (χ4v) is 3.10. The summed E-state index contributed by atoms with van der Waals surface area (Å²) in [4.78, 5) is 16.0. The number of hydrogen-bond donors (Lipinski definition) is 1. The van der Waals surface area contributed by atoms with Gasteiger partial charge >= 0.3 is 0 Å². The van der Waals surface area contributed by atoms with Gasteiger partial charge in [-0.3, -0.25) is 4.79 Å². The summed E-state index contributed by atoms with van der Waals surface area (Å²) in [7, 11) is 3.18. The first kappa shape index (κ1) is 17.0. The number of benzene rings is 2. The first-order chi connectivity index (χ1) is 13.1. The smallest absolute Gasteiger partial charge is 0.193 e. The van der Waals surface area contributed by atoms with Crippen LogP contribution >= 0.6 is 0 Å². The van der Waals surface area contributed by atoms with E-state index >= 15 is 0 Å². The second-order valence-electron chi connectivity index (χ2n) is 6.35. The van der Waals surface area contributed by atoms with Gasteiger partial charge in [0.25, 0.3) is 0 Å². The van der Waals surface area contributed by atoms with Gasteiger partial charge in [0.1, 0.15) is 11.5 Å². The zero-order valence-corrected chi connectivity index (χ0v) is 15.3. The lowest BCUT2D eigenvalue weighted by molar-refractivity contribution is 0.410. The Bertz CT molecular complexity index is 1170. The van der Waals surface area contributed by atoms with Crippen LogP contribution in [0.1, 0.15) is 5.56 Å². The average molecular weight is 361 g/mol. The molecule has 0 fully saturated rings. The largest absolute Gasteiger partial charge is 0.497 e. The molecule has 0 aliphatic carbocycles. The summed E-state index contributed by atoms with van der Waals surface area (Å²) < 4.78 is 16.7. The highest BCUT2D eigenvalue weighted by Gasteiger charge is 2.14. The number of H-pyrrole nitrogens is 1. The number of fused-ring (bicyclic) bond motifs is 1. The Morgan fingerprint density at radius 1 is 0.926 bits per heavy atom. The van der Waals surface area contributed by atoms with Crippen LogP contribution in [0, 0.1) is 6.92 Å². The minimum Gasteiger partial charge on any atom is -0.497 e. The molecule has 5 heteroatoms. The standard InChI is InChI=1S/C22H19NO4/c1-13-8-18(23-12-13)15-9-17-19(24)11-20(27-22(17)21(10-15)26-3)14-4-6-16(25-2)7-5-14/h4-12,23H,1-3H3. The van der Waals surface area contributed by atoms with Gasteiger partial charge in [-0.05, 0) is 55.0 Å². The Morgan fingerprint density at radius 3 is 2.33 bits per heavy atom. The van der Waals surface area contributed by atoms with Crippen molar-refractivity contribution in [3.63, 3.8) is 0 Å². The SMILES string of the molecule is COc1ccc(-c2cc(=O)c3cc(-c4cc(C)c[nH]4)cc(OC)c3o2)cc1. The second-order valence-corrected chi connectivity index (χ2v) is 6.35. The predicted octanol–water partition coefficient (Wildman–Crippen LogP) is 4.78. The molecule has 5 nitrogen and oxygen atoms in total. The number of aromatic amines is 1. The molecule has 0 unspecified atom stereocenters. The van der Waals surface area contributed by atoms with E-state index in [0.717, 1.165) is 28.1 Å². The van der Waals surface area contributed by atoms with E-state index in [1.165, 1.54) is 6.07 Å². The fourth-order valence-electron chi connectivity index (χ4n) is 3.10.